The van der Waals surface area contributed by atoms with E-state index in [-0.39, 0.29) is 13.2 Å². The molecule has 1 aromatic rings. The molecule has 0 radical (unpaired) electrons. The summed E-state index contributed by atoms with van der Waals surface area (Å²) in [5, 5.41) is 1.14. The number of hydrogen-bond donors (Lipinski definition) is 2. The molecule has 0 bridgehead atoms. The topological polar surface area (TPSA) is 78.3 Å². The summed E-state index contributed by atoms with van der Waals surface area (Å²) in [5.74, 6) is -0.564. The summed E-state index contributed by atoms with van der Waals surface area (Å²) in [5.41, 5.74) is 11.3. The van der Waals surface area contributed by atoms with Crippen LogP contribution in [0.15, 0.2) is 12.1 Å². The summed E-state index contributed by atoms with van der Waals surface area (Å²) in [4.78, 5) is 10.5. The van der Waals surface area contributed by atoms with Crippen molar-refractivity contribution in [3.05, 3.63) is 32.8 Å². The second-order valence-corrected chi connectivity index (χ2v) is 4.62. The molecular formula is C10H11Cl3N2O2. The second kappa shape index (κ2) is 6.42. The van der Waals surface area contributed by atoms with Crippen LogP contribution in [-0.4, -0.2) is 19.1 Å². The number of amides is 1. The maximum atomic E-state index is 10.5. The summed E-state index contributed by atoms with van der Waals surface area (Å²) in [6.07, 6.45) is 0. The van der Waals surface area contributed by atoms with Gasteiger partial charge in [-0.2, -0.15) is 0 Å². The van der Waals surface area contributed by atoms with Crippen LogP contribution >= 0.6 is 34.8 Å². The number of primary amides is 1. The molecule has 7 heteroatoms. The van der Waals surface area contributed by atoms with Gasteiger partial charge in [-0.25, -0.2) is 0 Å². The minimum absolute atomic E-state index is 0.0873. The molecule has 1 amide bonds. The Hall–Kier alpha value is -0.520. The largest absolute Gasteiger partial charge is 0.370 e. The number of halogens is 3. The van der Waals surface area contributed by atoms with Gasteiger partial charge in [-0.3, -0.25) is 4.79 Å². The molecule has 1 atom stereocenters. The first-order valence-electron chi connectivity index (χ1n) is 4.68. The molecular weight excluding hydrogens is 286 g/mol. The first-order chi connectivity index (χ1) is 7.91. The van der Waals surface area contributed by atoms with E-state index in [1.807, 2.05) is 0 Å². The molecule has 4 nitrogen and oxygen atoms in total. The zero-order valence-electron chi connectivity index (χ0n) is 8.75. The van der Waals surface area contributed by atoms with Crippen molar-refractivity contribution >= 4 is 40.7 Å². The average Bonchev–Trinajstić information content (AvgIpc) is 2.14. The van der Waals surface area contributed by atoms with E-state index in [0.717, 1.165) is 0 Å². The number of nitrogens with two attached hydrogens (primary N) is 2. The molecule has 4 N–H and O–H groups in total. The Morgan fingerprint density at radius 1 is 1.29 bits per heavy atom. The van der Waals surface area contributed by atoms with E-state index in [2.05, 4.69) is 0 Å². The van der Waals surface area contributed by atoms with Crippen molar-refractivity contribution in [3.8, 4) is 0 Å². The average molecular weight is 298 g/mol. The molecule has 0 saturated carbocycles. The monoisotopic (exact) mass is 296 g/mol. The zero-order chi connectivity index (χ0) is 13.0. The van der Waals surface area contributed by atoms with Crippen LogP contribution in [0.2, 0.25) is 15.1 Å². The lowest BCUT2D eigenvalue weighted by Gasteiger charge is -2.15. The van der Waals surface area contributed by atoms with Crippen molar-refractivity contribution in [1.29, 1.82) is 0 Å². The van der Waals surface area contributed by atoms with E-state index >= 15 is 0 Å². The summed E-state index contributed by atoms with van der Waals surface area (Å²) >= 11 is 17.7. The Kier molecular flexibility index (Phi) is 5.49. The van der Waals surface area contributed by atoms with Gasteiger partial charge in [-0.1, -0.05) is 34.8 Å². The van der Waals surface area contributed by atoms with Gasteiger partial charge < -0.3 is 16.2 Å². The van der Waals surface area contributed by atoms with Gasteiger partial charge in [0.1, 0.15) is 6.61 Å². The van der Waals surface area contributed by atoms with Crippen molar-refractivity contribution in [2.75, 3.05) is 13.2 Å². The molecule has 1 unspecified atom stereocenters. The van der Waals surface area contributed by atoms with E-state index in [1.54, 1.807) is 0 Å². The number of ether oxygens (including phenoxy) is 1. The highest BCUT2D eigenvalue weighted by atomic mass is 35.5. The third-order valence-corrected chi connectivity index (χ3v) is 2.80. The molecule has 94 valence electrons. The van der Waals surface area contributed by atoms with Gasteiger partial charge in [-0.05, 0) is 12.1 Å². The zero-order valence-corrected chi connectivity index (χ0v) is 11.0. The summed E-state index contributed by atoms with van der Waals surface area (Å²) in [7, 11) is 0. The van der Waals surface area contributed by atoms with Gasteiger partial charge in [0.05, 0.1) is 12.6 Å². The third kappa shape index (κ3) is 4.33. The van der Waals surface area contributed by atoms with E-state index in [4.69, 9.17) is 51.0 Å². The predicted molar refractivity (Wildman–Crippen MR) is 68.4 cm³/mol. The molecule has 0 spiro atoms. The summed E-state index contributed by atoms with van der Waals surface area (Å²) in [6, 6.07) is 2.53. The SMILES string of the molecule is NC(=O)COCC(N)c1c(Cl)cc(Cl)cc1Cl. The fourth-order valence-corrected chi connectivity index (χ4v) is 2.37. The van der Waals surface area contributed by atoms with Gasteiger partial charge in [0.25, 0.3) is 0 Å². The molecule has 0 heterocycles. The molecule has 0 aliphatic rings. The molecule has 1 aromatic carbocycles. The second-order valence-electron chi connectivity index (χ2n) is 3.37. The minimum atomic E-state index is -0.564. The van der Waals surface area contributed by atoms with Crippen molar-refractivity contribution in [2.45, 2.75) is 6.04 Å². The molecule has 0 aliphatic carbocycles. The molecule has 0 saturated heterocycles. The lowest BCUT2D eigenvalue weighted by Crippen LogP contribution is -2.23. The maximum absolute atomic E-state index is 10.5. The minimum Gasteiger partial charge on any atom is -0.370 e. The van der Waals surface area contributed by atoms with E-state index in [9.17, 15) is 4.79 Å². The smallest absolute Gasteiger partial charge is 0.243 e. The van der Waals surface area contributed by atoms with Gasteiger partial charge in [0.2, 0.25) is 5.91 Å². The number of hydrogen-bond acceptors (Lipinski definition) is 3. The van der Waals surface area contributed by atoms with Gasteiger partial charge in [0.15, 0.2) is 0 Å². The predicted octanol–water partition coefficient (Wildman–Crippen LogP) is 2.15. The highest BCUT2D eigenvalue weighted by Crippen LogP contribution is 2.32. The highest BCUT2D eigenvalue weighted by Gasteiger charge is 2.15. The molecule has 17 heavy (non-hydrogen) atoms. The van der Waals surface area contributed by atoms with E-state index in [1.165, 1.54) is 12.1 Å². The number of carbonyl (C=O) groups is 1. The fourth-order valence-electron chi connectivity index (χ4n) is 1.28. The van der Waals surface area contributed by atoms with Crippen molar-refractivity contribution in [3.63, 3.8) is 0 Å². The van der Waals surface area contributed by atoms with Crippen molar-refractivity contribution < 1.29 is 9.53 Å². The molecule has 0 fully saturated rings. The van der Waals surface area contributed by atoms with E-state index in [0.29, 0.717) is 20.6 Å². The van der Waals surface area contributed by atoms with Gasteiger partial charge in [0, 0.05) is 20.6 Å². The first kappa shape index (κ1) is 14.5. The quantitative estimate of drug-likeness (QED) is 0.874. The lowest BCUT2D eigenvalue weighted by atomic mass is 10.1. The first-order valence-corrected chi connectivity index (χ1v) is 5.81. The third-order valence-electron chi connectivity index (χ3n) is 1.96. The van der Waals surface area contributed by atoms with Crippen LogP contribution in [0.5, 0.6) is 0 Å². The molecule has 0 aliphatic heterocycles. The Morgan fingerprint density at radius 3 is 2.29 bits per heavy atom. The van der Waals surface area contributed by atoms with Crippen LogP contribution < -0.4 is 11.5 Å². The highest BCUT2D eigenvalue weighted by molar-refractivity contribution is 6.39. The summed E-state index contributed by atoms with van der Waals surface area (Å²) < 4.78 is 5.00. The van der Waals surface area contributed by atoms with Crippen molar-refractivity contribution in [1.82, 2.24) is 0 Å². The van der Waals surface area contributed by atoms with Gasteiger partial charge in [-0.15, -0.1) is 0 Å². The molecule has 1 rings (SSSR count). The normalized spacial score (nSPS) is 12.5. The van der Waals surface area contributed by atoms with Crippen LogP contribution in [-0.2, 0) is 9.53 Å². The van der Waals surface area contributed by atoms with Crippen LogP contribution in [0.1, 0.15) is 11.6 Å². The van der Waals surface area contributed by atoms with Crippen LogP contribution in [0.3, 0.4) is 0 Å². The summed E-state index contributed by atoms with van der Waals surface area (Å²) in [6.45, 7) is -0.111. The van der Waals surface area contributed by atoms with Crippen LogP contribution in [0, 0.1) is 0 Å². The van der Waals surface area contributed by atoms with Gasteiger partial charge >= 0.3 is 0 Å². The number of rotatable bonds is 5. The Morgan fingerprint density at radius 2 is 1.82 bits per heavy atom. The van der Waals surface area contributed by atoms with Crippen molar-refractivity contribution in [2.24, 2.45) is 11.5 Å². The lowest BCUT2D eigenvalue weighted by molar-refractivity contribution is -0.122. The van der Waals surface area contributed by atoms with E-state index < -0.39 is 11.9 Å². The standard InChI is InChI=1S/C10H11Cl3N2O2/c11-5-1-6(12)10(7(13)2-5)8(14)3-17-4-9(15)16/h1-2,8H,3-4,14H2,(H2,15,16). The Bertz CT molecular complexity index is 403. The fraction of sp³-hybridized carbons (Fsp3) is 0.300. The van der Waals surface area contributed by atoms with Crippen LogP contribution in [0.25, 0.3) is 0 Å². The maximum Gasteiger partial charge on any atom is 0.243 e. The Balaban J connectivity index is 2.75. The van der Waals surface area contributed by atoms with Crippen LogP contribution in [0.4, 0.5) is 0 Å². The molecule has 0 aromatic heterocycles. The Labute approximate surface area is 114 Å². The number of carbonyl (C=O) groups excluding carboxylic acids is 1. The number of benzene rings is 1.